The van der Waals surface area contributed by atoms with Crippen molar-refractivity contribution in [1.29, 1.82) is 0 Å². The molecule has 0 aliphatic rings. The van der Waals surface area contributed by atoms with Crippen molar-refractivity contribution in [2.45, 2.75) is 39.2 Å². The third-order valence-electron chi connectivity index (χ3n) is 3.15. The van der Waals surface area contributed by atoms with Gasteiger partial charge in [0, 0.05) is 25.3 Å². The first kappa shape index (κ1) is 13.0. The average molecular weight is 220 g/mol. The highest BCUT2D eigenvalue weighted by molar-refractivity contribution is 5.46. The van der Waals surface area contributed by atoms with Crippen LogP contribution < -0.4 is 10.6 Å². The van der Waals surface area contributed by atoms with Crippen LogP contribution in [0.3, 0.4) is 0 Å². The van der Waals surface area contributed by atoms with E-state index in [0.717, 1.165) is 25.8 Å². The number of hydrogen-bond acceptors (Lipinski definition) is 2. The molecule has 1 aromatic rings. The van der Waals surface area contributed by atoms with E-state index in [0.29, 0.717) is 6.04 Å². The molecule has 0 bridgehead atoms. The molecule has 1 unspecified atom stereocenters. The predicted molar refractivity (Wildman–Crippen MR) is 72.0 cm³/mol. The summed E-state index contributed by atoms with van der Waals surface area (Å²) in [7, 11) is 2.13. The zero-order valence-corrected chi connectivity index (χ0v) is 10.7. The molecule has 0 saturated carbocycles. The fraction of sp³-hybridized carbons (Fsp3) is 0.571. The van der Waals surface area contributed by atoms with Crippen LogP contribution in [0, 0.1) is 0 Å². The second-order valence-electron chi connectivity index (χ2n) is 4.40. The normalized spacial score (nSPS) is 12.5. The molecule has 0 amide bonds. The number of aryl methyl sites for hydroxylation is 1. The molecule has 0 radical (unpaired) electrons. The molecule has 16 heavy (non-hydrogen) atoms. The first-order valence-corrected chi connectivity index (χ1v) is 6.23. The van der Waals surface area contributed by atoms with Gasteiger partial charge in [-0.25, -0.2) is 0 Å². The minimum atomic E-state index is 0.331. The quantitative estimate of drug-likeness (QED) is 0.798. The van der Waals surface area contributed by atoms with E-state index in [1.165, 1.54) is 11.3 Å². The van der Waals surface area contributed by atoms with Gasteiger partial charge in [0.1, 0.15) is 0 Å². The Bertz CT molecular complexity index is 292. The molecule has 1 rings (SSSR count). The lowest BCUT2D eigenvalue weighted by Crippen LogP contribution is -2.27. The van der Waals surface area contributed by atoms with Crippen molar-refractivity contribution < 1.29 is 0 Å². The van der Waals surface area contributed by atoms with E-state index < -0.39 is 0 Å². The van der Waals surface area contributed by atoms with Gasteiger partial charge in [-0.2, -0.15) is 0 Å². The van der Waals surface area contributed by atoms with Gasteiger partial charge in [-0.05, 0) is 37.0 Å². The lowest BCUT2D eigenvalue weighted by Gasteiger charge is -2.21. The number of hydrogen-bond donors (Lipinski definition) is 1. The Balaban J connectivity index is 2.49. The molecule has 90 valence electrons. The third kappa shape index (κ3) is 3.86. The highest BCUT2D eigenvalue weighted by atomic mass is 15.1. The molecule has 0 aliphatic carbocycles. The van der Waals surface area contributed by atoms with E-state index in [-0.39, 0.29) is 0 Å². The Labute approximate surface area is 99.5 Å². The molecule has 2 heteroatoms. The first-order chi connectivity index (χ1) is 7.67. The van der Waals surface area contributed by atoms with E-state index in [1.54, 1.807) is 0 Å². The fourth-order valence-corrected chi connectivity index (χ4v) is 1.68. The largest absolute Gasteiger partial charge is 0.375 e. The first-order valence-electron chi connectivity index (χ1n) is 6.23. The summed E-state index contributed by atoms with van der Waals surface area (Å²) in [5, 5.41) is 0. The van der Waals surface area contributed by atoms with Gasteiger partial charge in [-0.1, -0.05) is 26.0 Å². The van der Waals surface area contributed by atoms with Crippen LogP contribution in [0.1, 0.15) is 32.3 Å². The summed E-state index contributed by atoms with van der Waals surface area (Å²) in [4.78, 5) is 2.27. The molecule has 2 N–H and O–H groups in total. The molecule has 1 aromatic carbocycles. The Morgan fingerprint density at radius 3 is 2.31 bits per heavy atom. The minimum absolute atomic E-state index is 0.331. The summed E-state index contributed by atoms with van der Waals surface area (Å²) in [5.74, 6) is 0. The Morgan fingerprint density at radius 2 is 1.81 bits per heavy atom. The van der Waals surface area contributed by atoms with E-state index in [2.05, 4.69) is 50.1 Å². The van der Waals surface area contributed by atoms with Crippen molar-refractivity contribution in [3.05, 3.63) is 29.8 Å². The smallest absolute Gasteiger partial charge is 0.0363 e. The van der Waals surface area contributed by atoms with Crippen LogP contribution >= 0.6 is 0 Å². The van der Waals surface area contributed by atoms with Gasteiger partial charge >= 0.3 is 0 Å². The van der Waals surface area contributed by atoms with Crippen molar-refractivity contribution in [3.8, 4) is 0 Å². The molecule has 0 heterocycles. The Kier molecular flexibility index (Phi) is 5.33. The SMILES string of the molecule is CCc1ccc(N(C)CCC(N)CC)cc1. The van der Waals surface area contributed by atoms with Crippen LogP contribution in [-0.2, 0) is 6.42 Å². The summed E-state index contributed by atoms with van der Waals surface area (Å²) in [6, 6.07) is 9.11. The molecule has 2 nitrogen and oxygen atoms in total. The summed E-state index contributed by atoms with van der Waals surface area (Å²) < 4.78 is 0. The number of nitrogens with zero attached hydrogens (tertiary/aromatic N) is 1. The molecule has 0 aromatic heterocycles. The maximum Gasteiger partial charge on any atom is 0.0363 e. The number of nitrogens with two attached hydrogens (primary N) is 1. The zero-order chi connectivity index (χ0) is 12.0. The van der Waals surface area contributed by atoms with Crippen LogP contribution in [0.15, 0.2) is 24.3 Å². The zero-order valence-electron chi connectivity index (χ0n) is 10.7. The van der Waals surface area contributed by atoms with Crippen LogP contribution in [0.4, 0.5) is 5.69 Å². The highest BCUT2D eigenvalue weighted by Gasteiger charge is 2.03. The molecule has 1 atom stereocenters. The van der Waals surface area contributed by atoms with Crippen molar-refractivity contribution >= 4 is 5.69 Å². The third-order valence-corrected chi connectivity index (χ3v) is 3.15. The van der Waals surface area contributed by atoms with E-state index in [9.17, 15) is 0 Å². The van der Waals surface area contributed by atoms with Crippen molar-refractivity contribution in [1.82, 2.24) is 0 Å². The highest BCUT2D eigenvalue weighted by Crippen LogP contribution is 2.14. The molecular weight excluding hydrogens is 196 g/mol. The Morgan fingerprint density at radius 1 is 1.19 bits per heavy atom. The fourth-order valence-electron chi connectivity index (χ4n) is 1.68. The number of anilines is 1. The van der Waals surface area contributed by atoms with Crippen LogP contribution in [0.2, 0.25) is 0 Å². The predicted octanol–water partition coefficient (Wildman–Crippen LogP) is 2.81. The molecule has 0 fully saturated rings. The minimum Gasteiger partial charge on any atom is -0.375 e. The number of benzene rings is 1. The number of rotatable bonds is 6. The van der Waals surface area contributed by atoms with Crippen molar-refractivity contribution in [3.63, 3.8) is 0 Å². The van der Waals surface area contributed by atoms with Gasteiger partial charge in [0.25, 0.3) is 0 Å². The van der Waals surface area contributed by atoms with Gasteiger partial charge in [0.15, 0.2) is 0 Å². The molecule has 0 saturated heterocycles. The van der Waals surface area contributed by atoms with E-state index in [1.807, 2.05) is 0 Å². The monoisotopic (exact) mass is 220 g/mol. The molecule has 0 aliphatic heterocycles. The second-order valence-corrected chi connectivity index (χ2v) is 4.40. The van der Waals surface area contributed by atoms with Gasteiger partial charge < -0.3 is 10.6 Å². The van der Waals surface area contributed by atoms with Gasteiger partial charge in [-0.3, -0.25) is 0 Å². The second kappa shape index (κ2) is 6.54. The van der Waals surface area contributed by atoms with Gasteiger partial charge in [0.2, 0.25) is 0 Å². The van der Waals surface area contributed by atoms with E-state index in [4.69, 9.17) is 5.73 Å². The van der Waals surface area contributed by atoms with Crippen LogP contribution in [0.25, 0.3) is 0 Å². The topological polar surface area (TPSA) is 29.3 Å². The average Bonchev–Trinajstić information content (AvgIpc) is 2.35. The summed E-state index contributed by atoms with van der Waals surface area (Å²) in [5.41, 5.74) is 8.59. The maximum absolute atomic E-state index is 5.92. The lowest BCUT2D eigenvalue weighted by molar-refractivity contribution is 0.594. The summed E-state index contributed by atoms with van der Waals surface area (Å²) in [6.07, 6.45) is 3.22. The standard InChI is InChI=1S/C14H24N2/c1-4-12-6-8-14(9-7-12)16(3)11-10-13(15)5-2/h6-9,13H,4-5,10-11,15H2,1-3H3. The maximum atomic E-state index is 5.92. The lowest BCUT2D eigenvalue weighted by atomic mass is 10.1. The summed E-state index contributed by atoms with van der Waals surface area (Å²) >= 11 is 0. The Hall–Kier alpha value is -1.02. The van der Waals surface area contributed by atoms with Crippen LogP contribution in [0.5, 0.6) is 0 Å². The van der Waals surface area contributed by atoms with E-state index >= 15 is 0 Å². The summed E-state index contributed by atoms with van der Waals surface area (Å²) in [6.45, 7) is 5.35. The molecular formula is C14H24N2. The van der Waals surface area contributed by atoms with Crippen LogP contribution in [-0.4, -0.2) is 19.6 Å². The van der Waals surface area contributed by atoms with Crippen molar-refractivity contribution in [2.24, 2.45) is 5.73 Å². The van der Waals surface area contributed by atoms with Gasteiger partial charge in [-0.15, -0.1) is 0 Å². The molecule has 0 spiro atoms. The van der Waals surface area contributed by atoms with Crippen molar-refractivity contribution in [2.75, 3.05) is 18.5 Å². The van der Waals surface area contributed by atoms with Gasteiger partial charge in [0.05, 0.1) is 0 Å².